The van der Waals surface area contributed by atoms with Gasteiger partial charge in [-0.3, -0.25) is 14.7 Å². The monoisotopic (exact) mass is 404 g/mol. The van der Waals surface area contributed by atoms with Crippen LogP contribution in [0, 0.1) is 5.82 Å². The lowest BCUT2D eigenvalue weighted by molar-refractivity contribution is -0.126. The van der Waals surface area contributed by atoms with Gasteiger partial charge in [-0.25, -0.2) is 4.39 Å². The topological polar surface area (TPSA) is 32.7 Å². The maximum absolute atomic E-state index is 13.2. The van der Waals surface area contributed by atoms with Crippen molar-refractivity contribution in [3.63, 3.8) is 0 Å². The second-order valence-corrected chi connectivity index (χ2v) is 7.87. The molecule has 5 heteroatoms. The molecule has 0 saturated carbocycles. The third kappa shape index (κ3) is 4.25. The van der Waals surface area contributed by atoms with Gasteiger partial charge in [-0.2, -0.15) is 0 Å². The van der Waals surface area contributed by atoms with Crippen molar-refractivity contribution in [3.8, 4) is 0 Å². The summed E-state index contributed by atoms with van der Waals surface area (Å²) in [6, 6.07) is 26.2. The standard InChI is InChI=1S/C24H21FN2OS/c1-17(28)27-23(20-10-6-3-7-11-20)22(19-8-4-2-5-9-19)26-24(27)29-16-18-12-14-21(25)15-13-18/h2-15,22-23H,16H2,1H3/t22-,23+/m0/s1. The summed E-state index contributed by atoms with van der Waals surface area (Å²) in [5.74, 6) is 0.324. The van der Waals surface area contributed by atoms with Gasteiger partial charge < -0.3 is 0 Å². The molecule has 0 aromatic heterocycles. The molecule has 0 aliphatic carbocycles. The Kier molecular flexibility index (Phi) is 5.76. The summed E-state index contributed by atoms with van der Waals surface area (Å²) in [6.07, 6.45) is 0. The third-order valence-electron chi connectivity index (χ3n) is 4.94. The quantitative estimate of drug-likeness (QED) is 0.554. The number of carbonyl (C=O) groups excluding carboxylic acids is 1. The van der Waals surface area contributed by atoms with Crippen LogP contribution in [0.3, 0.4) is 0 Å². The third-order valence-corrected chi connectivity index (χ3v) is 5.97. The molecule has 0 fully saturated rings. The molecule has 2 atom stereocenters. The van der Waals surface area contributed by atoms with E-state index < -0.39 is 0 Å². The molecule has 1 aliphatic rings. The number of carbonyl (C=O) groups is 1. The summed E-state index contributed by atoms with van der Waals surface area (Å²) >= 11 is 1.51. The van der Waals surface area contributed by atoms with Crippen LogP contribution in [-0.4, -0.2) is 16.0 Å². The largest absolute Gasteiger partial charge is 0.282 e. The Bertz CT molecular complexity index is 1010. The molecule has 1 amide bonds. The number of benzene rings is 3. The van der Waals surface area contributed by atoms with Gasteiger partial charge in [-0.15, -0.1) is 0 Å². The van der Waals surface area contributed by atoms with Crippen molar-refractivity contribution in [2.75, 3.05) is 0 Å². The Morgan fingerprint density at radius 2 is 1.52 bits per heavy atom. The summed E-state index contributed by atoms with van der Waals surface area (Å²) in [4.78, 5) is 19.4. The molecule has 29 heavy (non-hydrogen) atoms. The fraction of sp³-hybridized carbons (Fsp3) is 0.167. The zero-order valence-electron chi connectivity index (χ0n) is 16.0. The van der Waals surface area contributed by atoms with Crippen molar-refractivity contribution in [1.82, 2.24) is 4.90 Å². The highest BCUT2D eigenvalue weighted by molar-refractivity contribution is 8.13. The molecule has 1 aliphatic heterocycles. The molecule has 1 heterocycles. The van der Waals surface area contributed by atoms with Crippen molar-refractivity contribution >= 4 is 22.8 Å². The highest BCUT2D eigenvalue weighted by Crippen LogP contribution is 2.44. The summed E-state index contributed by atoms with van der Waals surface area (Å²) in [5, 5.41) is 0.699. The van der Waals surface area contributed by atoms with E-state index in [0.717, 1.165) is 16.7 Å². The maximum atomic E-state index is 13.2. The van der Waals surface area contributed by atoms with E-state index in [4.69, 9.17) is 4.99 Å². The smallest absolute Gasteiger partial charge is 0.226 e. The Morgan fingerprint density at radius 1 is 0.931 bits per heavy atom. The summed E-state index contributed by atoms with van der Waals surface area (Å²) < 4.78 is 13.2. The van der Waals surface area contributed by atoms with E-state index in [1.165, 1.54) is 23.9 Å². The van der Waals surface area contributed by atoms with Crippen LogP contribution in [0.4, 0.5) is 4.39 Å². The lowest BCUT2D eigenvalue weighted by atomic mass is 9.94. The molecule has 0 radical (unpaired) electrons. The number of hydrogen-bond donors (Lipinski definition) is 0. The molecule has 3 aromatic carbocycles. The molecule has 4 rings (SSSR count). The average Bonchev–Trinajstić information content (AvgIpc) is 3.14. The van der Waals surface area contributed by atoms with Gasteiger partial charge in [0.25, 0.3) is 0 Å². The number of thioether (sulfide) groups is 1. The summed E-state index contributed by atoms with van der Waals surface area (Å²) in [6.45, 7) is 1.58. The lowest BCUT2D eigenvalue weighted by Gasteiger charge is -2.28. The van der Waals surface area contributed by atoms with E-state index in [2.05, 4.69) is 12.1 Å². The second kappa shape index (κ2) is 8.62. The predicted octanol–water partition coefficient (Wildman–Crippen LogP) is 5.76. The van der Waals surface area contributed by atoms with E-state index in [1.54, 1.807) is 24.0 Å². The van der Waals surface area contributed by atoms with E-state index in [9.17, 15) is 9.18 Å². The fourth-order valence-electron chi connectivity index (χ4n) is 3.57. The molecular formula is C24H21FN2OS. The number of aliphatic imine (C=N–C) groups is 1. The van der Waals surface area contributed by atoms with Gasteiger partial charge in [-0.05, 0) is 28.8 Å². The first-order valence-corrected chi connectivity index (χ1v) is 10.5. The SMILES string of the molecule is CC(=O)N1C(SCc2ccc(F)cc2)=N[C@@H](c2ccccc2)[C@H]1c1ccccc1. The zero-order valence-corrected chi connectivity index (χ0v) is 16.9. The number of nitrogens with zero attached hydrogens (tertiary/aromatic N) is 2. The van der Waals surface area contributed by atoms with Crippen molar-refractivity contribution in [1.29, 1.82) is 0 Å². The van der Waals surface area contributed by atoms with Gasteiger partial charge in [0, 0.05) is 12.7 Å². The van der Waals surface area contributed by atoms with Crippen LogP contribution < -0.4 is 0 Å². The van der Waals surface area contributed by atoms with Crippen LogP contribution in [0.5, 0.6) is 0 Å². The van der Waals surface area contributed by atoms with Gasteiger partial charge in [-0.1, -0.05) is 84.6 Å². The molecular weight excluding hydrogens is 383 g/mol. The molecule has 0 bridgehead atoms. The molecule has 0 saturated heterocycles. The summed E-state index contributed by atoms with van der Waals surface area (Å²) in [5.41, 5.74) is 3.12. The molecule has 0 N–H and O–H groups in total. The lowest BCUT2D eigenvalue weighted by Crippen LogP contribution is -2.34. The van der Waals surface area contributed by atoms with Gasteiger partial charge in [0.15, 0.2) is 5.17 Å². The molecule has 3 aromatic rings. The molecule has 0 unspecified atom stereocenters. The van der Waals surface area contributed by atoms with E-state index in [1.807, 2.05) is 48.5 Å². The first-order valence-electron chi connectivity index (χ1n) is 9.48. The van der Waals surface area contributed by atoms with Crippen LogP contribution in [-0.2, 0) is 10.5 Å². The van der Waals surface area contributed by atoms with Crippen LogP contribution >= 0.6 is 11.8 Å². The number of hydrogen-bond acceptors (Lipinski definition) is 3. The minimum Gasteiger partial charge on any atom is -0.282 e. The van der Waals surface area contributed by atoms with Crippen LogP contribution in [0.1, 0.15) is 35.7 Å². The number of amidine groups is 1. The van der Waals surface area contributed by atoms with Crippen molar-refractivity contribution in [3.05, 3.63) is 107 Å². The number of rotatable bonds is 4. The van der Waals surface area contributed by atoms with E-state index >= 15 is 0 Å². The minimum absolute atomic E-state index is 0.0392. The Balaban J connectivity index is 1.68. The maximum Gasteiger partial charge on any atom is 0.226 e. The Morgan fingerprint density at radius 3 is 2.10 bits per heavy atom. The fourth-order valence-corrected chi connectivity index (χ4v) is 4.62. The average molecular weight is 405 g/mol. The summed E-state index contributed by atoms with van der Waals surface area (Å²) in [7, 11) is 0. The molecule has 0 spiro atoms. The molecule has 146 valence electrons. The Hall–Kier alpha value is -2.92. The van der Waals surface area contributed by atoms with Crippen molar-refractivity contribution in [2.24, 2.45) is 4.99 Å². The van der Waals surface area contributed by atoms with E-state index in [-0.39, 0.29) is 23.8 Å². The zero-order chi connectivity index (χ0) is 20.2. The second-order valence-electron chi connectivity index (χ2n) is 6.93. The van der Waals surface area contributed by atoms with Crippen LogP contribution in [0.2, 0.25) is 0 Å². The normalized spacial score (nSPS) is 18.6. The Labute approximate surface area is 174 Å². The number of halogens is 1. The van der Waals surface area contributed by atoms with Gasteiger partial charge in [0.2, 0.25) is 5.91 Å². The molecule has 3 nitrogen and oxygen atoms in total. The van der Waals surface area contributed by atoms with Crippen LogP contribution in [0.15, 0.2) is 89.9 Å². The van der Waals surface area contributed by atoms with Gasteiger partial charge in [0.05, 0.1) is 6.04 Å². The van der Waals surface area contributed by atoms with Crippen molar-refractivity contribution in [2.45, 2.75) is 24.8 Å². The predicted molar refractivity (Wildman–Crippen MR) is 116 cm³/mol. The minimum atomic E-state index is -0.254. The number of amides is 1. The van der Waals surface area contributed by atoms with Gasteiger partial charge >= 0.3 is 0 Å². The highest BCUT2D eigenvalue weighted by Gasteiger charge is 2.40. The first-order chi connectivity index (χ1) is 14.1. The van der Waals surface area contributed by atoms with E-state index in [0.29, 0.717) is 10.9 Å². The van der Waals surface area contributed by atoms with Crippen LogP contribution in [0.25, 0.3) is 0 Å². The first kappa shape index (κ1) is 19.4. The van der Waals surface area contributed by atoms with Gasteiger partial charge in [0.1, 0.15) is 11.9 Å². The van der Waals surface area contributed by atoms with Crippen molar-refractivity contribution < 1.29 is 9.18 Å². The highest BCUT2D eigenvalue weighted by atomic mass is 32.2.